The summed E-state index contributed by atoms with van der Waals surface area (Å²) in [6.07, 6.45) is 3.09. The largest absolute Gasteiger partial charge is 0.294 e. The Bertz CT molecular complexity index is 919. The number of halogens is 7. The third kappa shape index (κ3) is 4.96. The lowest BCUT2D eigenvalue weighted by atomic mass is 10.1. The Kier molecular flexibility index (Phi) is 6.91. The van der Waals surface area contributed by atoms with E-state index in [2.05, 4.69) is 14.9 Å². The fourth-order valence-corrected chi connectivity index (χ4v) is 1.98. The van der Waals surface area contributed by atoms with Crippen molar-refractivity contribution in [1.29, 1.82) is 0 Å². The number of hydrogen-bond acceptors (Lipinski definition) is 3. The fraction of sp³-hybridized carbons (Fsp3) is 0.111. The molecule has 0 aliphatic carbocycles. The Morgan fingerprint density at radius 3 is 1.75 bits per heavy atom. The smallest absolute Gasteiger partial charge is 0.194 e. The van der Waals surface area contributed by atoms with Gasteiger partial charge < -0.3 is 0 Å². The van der Waals surface area contributed by atoms with E-state index in [0.29, 0.717) is 12.1 Å². The summed E-state index contributed by atoms with van der Waals surface area (Å²) in [5.74, 6) is -6.97. The van der Waals surface area contributed by atoms with Crippen LogP contribution in [0.3, 0.4) is 0 Å². The van der Waals surface area contributed by atoms with E-state index in [1.807, 2.05) is 0 Å². The zero-order chi connectivity index (χ0) is 20.8. The summed E-state index contributed by atoms with van der Waals surface area (Å²) in [4.78, 5) is 10.9. The van der Waals surface area contributed by atoms with Gasteiger partial charge in [0.15, 0.2) is 29.0 Å². The van der Waals surface area contributed by atoms with Crippen LogP contribution in [-0.4, -0.2) is 9.97 Å². The van der Waals surface area contributed by atoms with Crippen molar-refractivity contribution in [2.24, 2.45) is 0 Å². The molecule has 0 aliphatic heterocycles. The molecule has 10 heteroatoms. The lowest BCUT2D eigenvalue weighted by Crippen LogP contribution is -1.96. The van der Waals surface area contributed by atoms with Crippen molar-refractivity contribution in [2.45, 2.75) is 13.6 Å². The molecule has 0 saturated heterocycles. The second-order valence-corrected chi connectivity index (χ2v) is 5.41. The van der Waals surface area contributed by atoms with E-state index in [-0.39, 0.29) is 11.4 Å². The summed E-state index contributed by atoms with van der Waals surface area (Å²) in [7, 11) is 0. The molecule has 0 amide bonds. The molecule has 2 aromatic carbocycles. The Morgan fingerprint density at radius 2 is 1.32 bits per heavy atom. The average molecular weight is 404 g/mol. The third-order valence-corrected chi connectivity index (χ3v) is 3.36. The monoisotopic (exact) mass is 404 g/mol. The molecule has 3 nitrogen and oxygen atoms in total. The number of aryl methyl sites for hydroxylation is 1. The molecular formula is C18H11F7N2O. The lowest BCUT2D eigenvalue weighted by Gasteiger charge is -2.04. The topological polar surface area (TPSA) is 35.0 Å². The SMILES string of the molecule is Cc1cnc(-c2cc(F)c(CF)c(F)c2)nc1.FOc1cc(F)c(F)c(F)c1. The highest BCUT2D eigenvalue weighted by Crippen LogP contribution is 2.22. The molecule has 0 saturated carbocycles. The van der Waals surface area contributed by atoms with Crippen LogP contribution in [0.15, 0.2) is 36.7 Å². The van der Waals surface area contributed by atoms with Crippen LogP contribution in [0.4, 0.5) is 30.9 Å². The van der Waals surface area contributed by atoms with Gasteiger partial charge in [0.1, 0.15) is 18.3 Å². The predicted molar refractivity (Wildman–Crippen MR) is 85.0 cm³/mol. The van der Waals surface area contributed by atoms with Crippen LogP contribution >= 0.6 is 0 Å². The van der Waals surface area contributed by atoms with E-state index in [4.69, 9.17) is 0 Å². The van der Waals surface area contributed by atoms with Crippen molar-refractivity contribution in [3.05, 3.63) is 76.9 Å². The van der Waals surface area contributed by atoms with Crippen LogP contribution in [0, 0.1) is 36.0 Å². The Hall–Kier alpha value is -3.17. The number of hydrogen-bond donors (Lipinski definition) is 0. The predicted octanol–water partition coefficient (Wildman–Crippen LogP) is 5.57. The van der Waals surface area contributed by atoms with Gasteiger partial charge in [0.25, 0.3) is 0 Å². The molecule has 0 N–H and O–H groups in total. The zero-order valence-corrected chi connectivity index (χ0v) is 14.1. The van der Waals surface area contributed by atoms with Crippen molar-refractivity contribution < 1.29 is 35.8 Å². The van der Waals surface area contributed by atoms with E-state index < -0.39 is 47.1 Å². The molecule has 0 spiro atoms. The van der Waals surface area contributed by atoms with E-state index in [1.165, 1.54) is 0 Å². The molecule has 1 heterocycles. The molecule has 0 fully saturated rings. The molecule has 0 bridgehead atoms. The highest BCUT2D eigenvalue weighted by Gasteiger charge is 2.13. The van der Waals surface area contributed by atoms with Gasteiger partial charge in [0, 0.05) is 34.6 Å². The first-order valence-corrected chi connectivity index (χ1v) is 7.52. The van der Waals surface area contributed by atoms with Gasteiger partial charge in [-0.2, -0.15) is 0 Å². The van der Waals surface area contributed by atoms with Gasteiger partial charge in [-0.1, -0.05) is 0 Å². The molecule has 0 radical (unpaired) electrons. The van der Waals surface area contributed by atoms with Gasteiger partial charge in [-0.05, 0) is 24.6 Å². The standard InChI is InChI=1S/C12H9F3N2.C6H2F4O/c1-7-5-16-12(17-6-7)8-2-10(14)9(4-13)11(15)3-8;7-4-1-3(11-10)2-5(8)6(4)9/h2-3,5-6H,4H2,1H3;1-2H. The van der Waals surface area contributed by atoms with Crippen molar-refractivity contribution in [3.63, 3.8) is 0 Å². The minimum atomic E-state index is -1.65. The molecule has 1 aromatic heterocycles. The fourth-order valence-electron chi connectivity index (χ4n) is 1.98. The Balaban J connectivity index is 0.000000221. The molecular weight excluding hydrogens is 393 g/mol. The second-order valence-electron chi connectivity index (χ2n) is 5.41. The number of aromatic nitrogens is 2. The molecule has 3 rings (SSSR count). The van der Waals surface area contributed by atoms with Crippen molar-refractivity contribution in [1.82, 2.24) is 9.97 Å². The normalized spacial score (nSPS) is 10.3. The van der Waals surface area contributed by atoms with Crippen LogP contribution in [0.1, 0.15) is 11.1 Å². The molecule has 0 unspecified atom stereocenters. The number of rotatable bonds is 3. The third-order valence-electron chi connectivity index (χ3n) is 3.36. The Morgan fingerprint density at radius 1 is 0.821 bits per heavy atom. The summed E-state index contributed by atoms with van der Waals surface area (Å²) in [5, 5.41) is 0. The first kappa shape index (κ1) is 21.1. The highest BCUT2D eigenvalue weighted by atomic mass is 19.3. The first-order valence-electron chi connectivity index (χ1n) is 7.52. The van der Waals surface area contributed by atoms with Gasteiger partial charge in [0.05, 0.1) is 5.56 Å². The van der Waals surface area contributed by atoms with Gasteiger partial charge >= 0.3 is 0 Å². The minimum absolute atomic E-state index is 0.192. The van der Waals surface area contributed by atoms with Crippen LogP contribution in [0.5, 0.6) is 5.75 Å². The summed E-state index contributed by atoms with van der Waals surface area (Å²) < 4.78 is 86.7. The maximum absolute atomic E-state index is 13.3. The average Bonchev–Trinajstić information content (AvgIpc) is 2.66. The van der Waals surface area contributed by atoms with E-state index >= 15 is 0 Å². The second kappa shape index (κ2) is 9.16. The highest BCUT2D eigenvalue weighted by molar-refractivity contribution is 5.55. The van der Waals surface area contributed by atoms with Gasteiger partial charge in [-0.3, -0.25) is 4.94 Å². The van der Waals surface area contributed by atoms with Crippen LogP contribution in [0.2, 0.25) is 0 Å². The van der Waals surface area contributed by atoms with Crippen LogP contribution in [0.25, 0.3) is 11.4 Å². The summed E-state index contributed by atoms with van der Waals surface area (Å²) in [5.41, 5.74) is 0.466. The minimum Gasteiger partial charge on any atom is -0.294 e. The van der Waals surface area contributed by atoms with Gasteiger partial charge in [-0.25, -0.2) is 36.3 Å². The van der Waals surface area contributed by atoms with Crippen LogP contribution in [-0.2, 0) is 6.67 Å². The van der Waals surface area contributed by atoms with Gasteiger partial charge in [-0.15, -0.1) is 0 Å². The lowest BCUT2D eigenvalue weighted by molar-refractivity contribution is -0.00711. The molecule has 3 aromatic rings. The summed E-state index contributed by atoms with van der Waals surface area (Å²) in [6.45, 7) is 0.629. The van der Waals surface area contributed by atoms with E-state index in [1.54, 1.807) is 19.3 Å². The summed E-state index contributed by atoms with van der Waals surface area (Å²) >= 11 is 0. The van der Waals surface area contributed by atoms with Crippen molar-refractivity contribution in [2.75, 3.05) is 0 Å². The van der Waals surface area contributed by atoms with E-state index in [0.717, 1.165) is 17.7 Å². The summed E-state index contributed by atoms with van der Waals surface area (Å²) in [6, 6.07) is 2.86. The molecule has 0 aliphatic rings. The molecule has 0 atom stereocenters. The quantitative estimate of drug-likeness (QED) is 0.423. The molecule has 148 valence electrons. The van der Waals surface area contributed by atoms with Crippen molar-refractivity contribution in [3.8, 4) is 17.1 Å². The Labute approximate surface area is 154 Å². The van der Waals surface area contributed by atoms with Crippen LogP contribution < -0.4 is 4.94 Å². The number of benzene rings is 2. The molecule has 28 heavy (non-hydrogen) atoms. The van der Waals surface area contributed by atoms with Gasteiger partial charge in [0.2, 0.25) is 0 Å². The number of nitrogens with zero attached hydrogens (tertiary/aromatic N) is 2. The van der Waals surface area contributed by atoms with E-state index in [9.17, 15) is 30.9 Å². The maximum atomic E-state index is 13.3. The maximum Gasteiger partial charge on any atom is 0.194 e. The number of alkyl halides is 1. The zero-order valence-electron chi connectivity index (χ0n) is 14.1. The first-order chi connectivity index (χ1) is 13.3. The van der Waals surface area contributed by atoms with Crippen molar-refractivity contribution >= 4 is 0 Å².